The molecular formula is C20H28N2O2. The van der Waals surface area contributed by atoms with E-state index in [2.05, 4.69) is 12.2 Å². The molecule has 3 aliphatic rings. The maximum absolute atomic E-state index is 13.2. The average Bonchev–Trinajstić information content (AvgIpc) is 3.00. The van der Waals surface area contributed by atoms with Gasteiger partial charge in [0.2, 0.25) is 0 Å². The summed E-state index contributed by atoms with van der Waals surface area (Å²) in [5, 5.41) is 15.0. The number of fused-ring (bicyclic) bond motifs is 1. The number of carbonyl (C=O) groups excluding carboxylic acids is 1. The molecule has 2 aliphatic carbocycles. The zero-order valence-electron chi connectivity index (χ0n) is 14.4. The van der Waals surface area contributed by atoms with Crippen LogP contribution in [-0.2, 0) is 10.4 Å². The first-order valence-corrected chi connectivity index (χ1v) is 9.47. The Labute approximate surface area is 144 Å². The summed E-state index contributed by atoms with van der Waals surface area (Å²) in [5.41, 5.74) is -0.566. The molecule has 0 aromatic heterocycles. The minimum Gasteiger partial charge on any atom is -0.375 e. The Morgan fingerprint density at radius 1 is 1.25 bits per heavy atom. The lowest BCUT2D eigenvalue weighted by Crippen LogP contribution is -2.53. The van der Waals surface area contributed by atoms with Crippen molar-refractivity contribution in [3.8, 4) is 0 Å². The van der Waals surface area contributed by atoms with Gasteiger partial charge < -0.3 is 15.3 Å². The number of hydrogen-bond acceptors (Lipinski definition) is 3. The fourth-order valence-corrected chi connectivity index (χ4v) is 4.60. The van der Waals surface area contributed by atoms with E-state index in [1.807, 2.05) is 35.2 Å². The van der Waals surface area contributed by atoms with E-state index in [0.717, 1.165) is 50.9 Å². The molecule has 1 heterocycles. The van der Waals surface area contributed by atoms with Gasteiger partial charge in [-0.05, 0) is 43.2 Å². The number of amides is 1. The summed E-state index contributed by atoms with van der Waals surface area (Å²) in [6.07, 6.45) is 4.15. The smallest absolute Gasteiger partial charge is 0.259 e. The van der Waals surface area contributed by atoms with Crippen molar-refractivity contribution in [2.75, 3.05) is 19.6 Å². The number of carbonyl (C=O) groups is 1. The molecule has 1 aromatic carbocycles. The van der Waals surface area contributed by atoms with Gasteiger partial charge in [-0.25, -0.2) is 0 Å². The summed E-state index contributed by atoms with van der Waals surface area (Å²) in [5.74, 6) is 1.17. The van der Waals surface area contributed by atoms with Crippen molar-refractivity contribution in [1.29, 1.82) is 0 Å². The van der Waals surface area contributed by atoms with Gasteiger partial charge in [0.25, 0.3) is 5.91 Å². The number of likely N-dealkylation sites (tertiary alicyclic amines) is 1. The van der Waals surface area contributed by atoms with E-state index in [0.29, 0.717) is 17.9 Å². The molecule has 4 nitrogen and oxygen atoms in total. The van der Waals surface area contributed by atoms with Crippen LogP contribution in [0, 0.1) is 17.8 Å². The molecule has 130 valence electrons. The predicted molar refractivity (Wildman–Crippen MR) is 93.3 cm³/mol. The molecule has 0 bridgehead atoms. The van der Waals surface area contributed by atoms with E-state index in [1.165, 1.54) is 0 Å². The Morgan fingerprint density at radius 2 is 1.92 bits per heavy atom. The van der Waals surface area contributed by atoms with Crippen molar-refractivity contribution in [3.05, 3.63) is 35.9 Å². The molecule has 2 N–H and O–H groups in total. The van der Waals surface area contributed by atoms with Crippen molar-refractivity contribution < 1.29 is 9.90 Å². The van der Waals surface area contributed by atoms with Crippen molar-refractivity contribution in [2.45, 2.75) is 44.2 Å². The summed E-state index contributed by atoms with van der Waals surface area (Å²) >= 11 is 0. The Morgan fingerprint density at radius 3 is 2.46 bits per heavy atom. The van der Waals surface area contributed by atoms with Gasteiger partial charge in [0.1, 0.15) is 0 Å². The van der Waals surface area contributed by atoms with Crippen LogP contribution in [0.4, 0.5) is 0 Å². The lowest BCUT2D eigenvalue weighted by Gasteiger charge is -2.42. The second kappa shape index (κ2) is 6.16. The SMILES string of the molecule is CCCNC1C2CN(C(=O)C(O)(c3ccccc3)C3CCC3)CC21. The number of nitrogens with one attached hydrogen (secondary N) is 1. The molecule has 3 fully saturated rings. The monoisotopic (exact) mass is 328 g/mol. The Kier molecular flexibility index (Phi) is 4.13. The molecule has 4 rings (SSSR count). The molecule has 1 aliphatic heterocycles. The normalized spacial score (nSPS) is 31.2. The van der Waals surface area contributed by atoms with E-state index < -0.39 is 5.60 Å². The van der Waals surface area contributed by atoms with E-state index in [4.69, 9.17) is 0 Å². The summed E-state index contributed by atoms with van der Waals surface area (Å²) in [7, 11) is 0. The third-order valence-corrected chi connectivity index (χ3v) is 6.35. The Balaban J connectivity index is 1.48. The first kappa shape index (κ1) is 16.1. The topological polar surface area (TPSA) is 52.6 Å². The largest absolute Gasteiger partial charge is 0.375 e. The van der Waals surface area contributed by atoms with Crippen LogP contribution in [0.25, 0.3) is 0 Å². The van der Waals surface area contributed by atoms with Gasteiger partial charge in [-0.1, -0.05) is 43.7 Å². The fraction of sp³-hybridized carbons (Fsp3) is 0.650. The van der Waals surface area contributed by atoms with Crippen LogP contribution in [-0.4, -0.2) is 41.6 Å². The zero-order valence-corrected chi connectivity index (χ0v) is 14.4. The maximum Gasteiger partial charge on any atom is 0.259 e. The Hall–Kier alpha value is -1.39. The molecular weight excluding hydrogens is 300 g/mol. The van der Waals surface area contributed by atoms with Gasteiger partial charge in [0.05, 0.1) is 0 Å². The molecule has 1 aromatic rings. The number of hydrogen-bond donors (Lipinski definition) is 2. The molecule has 1 saturated heterocycles. The van der Waals surface area contributed by atoms with Gasteiger partial charge in [-0.15, -0.1) is 0 Å². The van der Waals surface area contributed by atoms with Crippen molar-refractivity contribution in [2.24, 2.45) is 17.8 Å². The first-order valence-electron chi connectivity index (χ1n) is 9.47. The van der Waals surface area contributed by atoms with E-state index >= 15 is 0 Å². The molecule has 0 spiro atoms. The van der Waals surface area contributed by atoms with Crippen molar-refractivity contribution in [1.82, 2.24) is 10.2 Å². The maximum atomic E-state index is 13.2. The van der Waals surface area contributed by atoms with Crippen LogP contribution in [0.3, 0.4) is 0 Å². The van der Waals surface area contributed by atoms with Crippen molar-refractivity contribution in [3.63, 3.8) is 0 Å². The summed E-state index contributed by atoms with van der Waals surface area (Å²) in [6.45, 7) is 4.83. The van der Waals surface area contributed by atoms with Crippen LogP contribution in [0.15, 0.2) is 30.3 Å². The average molecular weight is 328 g/mol. The summed E-state index contributed by atoms with van der Waals surface area (Å²) in [4.78, 5) is 15.2. The van der Waals surface area contributed by atoms with Gasteiger partial charge in [-0.3, -0.25) is 4.79 Å². The van der Waals surface area contributed by atoms with E-state index in [1.54, 1.807) is 0 Å². The summed E-state index contributed by atoms with van der Waals surface area (Å²) < 4.78 is 0. The molecule has 2 saturated carbocycles. The van der Waals surface area contributed by atoms with Crippen LogP contribution < -0.4 is 5.32 Å². The van der Waals surface area contributed by atoms with Gasteiger partial charge in [-0.2, -0.15) is 0 Å². The highest BCUT2D eigenvalue weighted by Gasteiger charge is 2.59. The highest BCUT2D eigenvalue weighted by atomic mass is 16.3. The second-order valence-corrected chi connectivity index (χ2v) is 7.78. The molecule has 3 unspecified atom stereocenters. The molecule has 4 heteroatoms. The second-order valence-electron chi connectivity index (χ2n) is 7.78. The minimum absolute atomic E-state index is 0.0679. The Bertz CT molecular complexity index is 589. The fourth-order valence-electron chi connectivity index (χ4n) is 4.60. The highest BCUT2D eigenvalue weighted by molar-refractivity contribution is 5.87. The minimum atomic E-state index is -1.33. The third-order valence-electron chi connectivity index (χ3n) is 6.35. The quantitative estimate of drug-likeness (QED) is 0.841. The van der Waals surface area contributed by atoms with E-state index in [-0.39, 0.29) is 11.8 Å². The molecule has 0 radical (unpaired) electrons. The lowest BCUT2D eigenvalue weighted by molar-refractivity contribution is -0.163. The predicted octanol–water partition coefficient (Wildman–Crippen LogP) is 2.13. The van der Waals surface area contributed by atoms with Crippen molar-refractivity contribution >= 4 is 5.91 Å². The summed E-state index contributed by atoms with van der Waals surface area (Å²) in [6, 6.07) is 10.2. The third kappa shape index (κ3) is 2.47. The molecule has 3 atom stereocenters. The first-order chi connectivity index (χ1) is 11.7. The van der Waals surface area contributed by atoms with Gasteiger partial charge >= 0.3 is 0 Å². The van der Waals surface area contributed by atoms with E-state index in [9.17, 15) is 9.90 Å². The lowest BCUT2D eigenvalue weighted by atomic mass is 9.69. The number of rotatable bonds is 6. The van der Waals surface area contributed by atoms with Crippen LogP contribution >= 0.6 is 0 Å². The number of benzene rings is 1. The number of piperidine rings is 1. The van der Waals surface area contributed by atoms with Gasteiger partial charge in [0, 0.05) is 25.0 Å². The number of nitrogens with zero attached hydrogens (tertiary/aromatic N) is 1. The van der Waals surface area contributed by atoms with Gasteiger partial charge in [0.15, 0.2) is 5.60 Å². The zero-order chi connectivity index (χ0) is 16.7. The molecule has 24 heavy (non-hydrogen) atoms. The number of aliphatic hydroxyl groups is 1. The highest BCUT2D eigenvalue weighted by Crippen LogP contribution is 2.49. The standard InChI is InChI=1S/C20H28N2O2/c1-2-11-21-18-16-12-22(13-17(16)18)19(23)20(24,15-9-6-10-15)14-7-4-3-5-8-14/h3-5,7-8,15-18,21,24H,2,6,9-13H2,1H3. The van der Waals surface area contributed by atoms with Crippen LogP contribution in [0.1, 0.15) is 38.2 Å². The molecule has 1 amide bonds. The van der Waals surface area contributed by atoms with Crippen LogP contribution in [0.2, 0.25) is 0 Å². The van der Waals surface area contributed by atoms with Crippen LogP contribution in [0.5, 0.6) is 0 Å².